The van der Waals surface area contributed by atoms with E-state index in [4.69, 9.17) is 0 Å². The van der Waals surface area contributed by atoms with Crippen molar-refractivity contribution in [2.75, 3.05) is 5.75 Å². The first kappa shape index (κ1) is 24.1. The number of hydrogen-bond acceptors (Lipinski definition) is 5. The van der Waals surface area contributed by atoms with Gasteiger partial charge in [-0.05, 0) is 49.6 Å². The van der Waals surface area contributed by atoms with Gasteiger partial charge in [0.05, 0.1) is 11.2 Å². The van der Waals surface area contributed by atoms with E-state index in [1.807, 2.05) is 19.1 Å². The van der Waals surface area contributed by atoms with Gasteiger partial charge in [-0.15, -0.1) is 11.8 Å². The molecule has 2 fully saturated rings. The highest BCUT2D eigenvalue weighted by molar-refractivity contribution is 7.99. The fourth-order valence-electron chi connectivity index (χ4n) is 4.65. The zero-order chi connectivity index (χ0) is 26.1. The highest BCUT2D eigenvalue weighted by atomic mass is 32.2. The minimum absolute atomic E-state index is 0.00920. The molecule has 0 radical (unpaired) electrons. The summed E-state index contributed by atoms with van der Waals surface area (Å²) in [5, 5.41) is 0. The molecule has 0 atom stereocenters. The van der Waals surface area contributed by atoms with Crippen molar-refractivity contribution in [2.45, 2.75) is 55.4 Å². The van der Waals surface area contributed by atoms with Crippen LogP contribution in [0.15, 0.2) is 46.3 Å². The van der Waals surface area contributed by atoms with E-state index in [2.05, 4.69) is 15.0 Å². The lowest BCUT2D eigenvalue weighted by Gasteiger charge is -2.15. The Morgan fingerprint density at radius 2 is 1.84 bits per heavy atom. The third-order valence-electron chi connectivity index (χ3n) is 6.89. The van der Waals surface area contributed by atoms with Crippen LogP contribution in [0.2, 0.25) is 0 Å². The number of fused-ring (bicyclic) bond motifs is 1. The van der Waals surface area contributed by atoms with Crippen LogP contribution in [0.3, 0.4) is 0 Å². The van der Waals surface area contributed by atoms with E-state index < -0.39 is 29.1 Å². The first-order chi connectivity index (χ1) is 17.6. The Bertz CT molecular complexity index is 1580. The molecule has 4 aromatic heterocycles. The second-order valence-corrected chi connectivity index (χ2v) is 10.9. The number of aryl methyl sites for hydroxylation is 1. The Morgan fingerprint density at radius 1 is 1.11 bits per heavy atom. The Kier molecular flexibility index (Phi) is 5.48. The van der Waals surface area contributed by atoms with Crippen molar-refractivity contribution < 1.29 is 17.6 Å². The Balaban J connectivity index is 1.46. The van der Waals surface area contributed by atoms with Crippen LogP contribution in [0.4, 0.5) is 17.6 Å². The molecule has 0 amide bonds. The van der Waals surface area contributed by atoms with E-state index in [0.29, 0.717) is 42.9 Å². The largest absolute Gasteiger partial charge is 0.431 e. The van der Waals surface area contributed by atoms with Gasteiger partial charge in [0.1, 0.15) is 16.9 Å². The molecule has 2 aliphatic carbocycles. The summed E-state index contributed by atoms with van der Waals surface area (Å²) in [5.74, 6) is 1.04. The molecule has 0 unspecified atom stereocenters. The quantitative estimate of drug-likeness (QED) is 0.217. The lowest BCUT2D eigenvalue weighted by Crippen LogP contribution is -2.28. The topological polar surface area (TPSA) is 65.6 Å². The van der Waals surface area contributed by atoms with E-state index in [1.54, 1.807) is 25.5 Å². The number of aromatic nitrogens is 5. The van der Waals surface area contributed by atoms with Gasteiger partial charge >= 0.3 is 6.18 Å². The van der Waals surface area contributed by atoms with Gasteiger partial charge in [0, 0.05) is 41.5 Å². The third-order valence-corrected chi connectivity index (χ3v) is 7.80. The number of hydrogen-bond donors (Lipinski definition) is 0. The average Bonchev–Trinajstić information content (AvgIpc) is 3.79. The van der Waals surface area contributed by atoms with Crippen LogP contribution >= 0.6 is 11.8 Å². The van der Waals surface area contributed by atoms with Crippen molar-refractivity contribution in [1.29, 1.82) is 0 Å². The summed E-state index contributed by atoms with van der Waals surface area (Å²) in [6.45, 7) is 1.98. The van der Waals surface area contributed by atoms with Crippen LogP contribution in [0.5, 0.6) is 0 Å². The Hall–Kier alpha value is -3.21. The Morgan fingerprint density at radius 3 is 2.43 bits per heavy atom. The molecule has 0 aromatic carbocycles. The van der Waals surface area contributed by atoms with Gasteiger partial charge in [0.25, 0.3) is 5.56 Å². The van der Waals surface area contributed by atoms with Crippen LogP contribution in [-0.2, 0) is 18.9 Å². The van der Waals surface area contributed by atoms with Crippen molar-refractivity contribution in [3.8, 4) is 22.6 Å². The molecule has 6 nitrogen and oxygen atoms in total. The van der Waals surface area contributed by atoms with Crippen molar-refractivity contribution in [1.82, 2.24) is 24.1 Å². The van der Waals surface area contributed by atoms with E-state index >= 15 is 0 Å². The molecule has 11 heteroatoms. The molecule has 6 rings (SSSR count). The van der Waals surface area contributed by atoms with Gasteiger partial charge in [-0.2, -0.15) is 13.2 Å². The summed E-state index contributed by atoms with van der Waals surface area (Å²) < 4.78 is 58.1. The van der Waals surface area contributed by atoms with E-state index in [9.17, 15) is 22.4 Å². The monoisotopic (exact) mass is 529 g/mol. The SMILES string of the molecule is CCSc1cc(-c2ccc(C3(F)CC3)nc2)cnc1-c1nc2cc(C(F)(F)F)n(C3CC3)c(=O)c2n1C. The minimum atomic E-state index is -4.67. The Labute approximate surface area is 213 Å². The number of thioether (sulfide) groups is 1. The number of alkyl halides is 4. The van der Waals surface area contributed by atoms with Crippen LogP contribution in [0.1, 0.15) is 50.0 Å². The number of nitrogens with zero attached hydrogens (tertiary/aromatic N) is 5. The summed E-state index contributed by atoms with van der Waals surface area (Å²) in [5.41, 5.74) is -0.409. The van der Waals surface area contributed by atoms with Gasteiger partial charge < -0.3 is 4.57 Å². The van der Waals surface area contributed by atoms with Gasteiger partial charge in [-0.3, -0.25) is 19.3 Å². The van der Waals surface area contributed by atoms with Crippen molar-refractivity contribution in [3.63, 3.8) is 0 Å². The molecule has 4 aromatic rings. The molecule has 37 heavy (non-hydrogen) atoms. The van der Waals surface area contributed by atoms with Crippen LogP contribution in [0.25, 0.3) is 33.7 Å². The number of rotatable bonds is 6. The molecule has 0 saturated heterocycles. The summed E-state index contributed by atoms with van der Waals surface area (Å²) in [6.07, 6.45) is 0.657. The molecule has 192 valence electrons. The van der Waals surface area contributed by atoms with E-state index in [0.717, 1.165) is 32.4 Å². The molecule has 0 bridgehead atoms. The number of pyridine rings is 3. The summed E-state index contributed by atoms with van der Waals surface area (Å²) in [4.78, 5) is 27.4. The zero-order valence-corrected chi connectivity index (χ0v) is 21.0. The van der Waals surface area contributed by atoms with Crippen LogP contribution < -0.4 is 5.56 Å². The molecule has 4 heterocycles. The smallest absolute Gasteiger partial charge is 0.321 e. The van der Waals surface area contributed by atoms with Crippen LogP contribution in [-0.4, -0.2) is 29.8 Å². The lowest BCUT2D eigenvalue weighted by atomic mass is 10.1. The second kappa shape index (κ2) is 8.41. The van der Waals surface area contributed by atoms with Gasteiger partial charge in [-0.1, -0.05) is 13.0 Å². The molecular weight excluding hydrogens is 506 g/mol. The van der Waals surface area contributed by atoms with Crippen LogP contribution in [0, 0.1) is 0 Å². The van der Waals surface area contributed by atoms with Crippen molar-refractivity contribution >= 4 is 22.8 Å². The molecule has 2 saturated carbocycles. The summed E-state index contributed by atoms with van der Waals surface area (Å²) in [7, 11) is 1.62. The number of halogens is 4. The molecule has 0 spiro atoms. The van der Waals surface area contributed by atoms with E-state index in [-0.39, 0.29) is 11.0 Å². The number of imidazole rings is 1. The first-order valence-corrected chi connectivity index (χ1v) is 13.1. The predicted molar refractivity (Wildman–Crippen MR) is 133 cm³/mol. The molecule has 0 aliphatic heterocycles. The third kappa shape index (κ3) is 4.13. The average molecular weight is 530 g/mol. The maximum atomic E-state index is 14.3. The van der Waals surface area contributed by atoms with Gasteiger partial charge in [0.2, 0.25) is 0 Å². The lowest BCUT2D eigenvalue weighted by molar-refractivity contribution is -0.144. The van der Waals surface area contributed by atoms with Crippen molar-refractivity contribution in [2.24, 2.45) is 7.05 Å². The minimum Gasteiger partial charge on any atom is -0.321 e. The fourth-order valence-corrected chi connectivity index (χ4v) is 5.45. The zero-order valence-electron chi connectivity index (χ0n) is 20.1. The molecule has 0 N–H and O–H groups in total. The second-order valence-electron chi connectivity index (χ2n) is 9.56. The highest BCUT2D eigenvalue weighted by Crippen LogP contribution is 2.48. The van der Waals surface area contributed by atoms with Gasteiger partial charge in [0.15, 0.2) is 11.5 Å². The summed E-state index contributed by atoms with van der Waals surface area (Å²) in [6, 6.07) is 5.94. The van der Waals surface area contributed by atoms with Gasteiger partial charge in [-0.25, -0.2) is 9.37 Å². The molecule has 2 aliphatic rings. The standard InChI is InChI=1S/C26H23F4N5OS/c1-3-37-18-10-15(14-4-7-19(31-12-14)25(27)8-9-25)13-32-21(18)23-33-17-11-20(26(28,29)30)35(16-5-6-16)24(36)22(17)34(23)2/h4,7,10-13,16H,3,5-6,8-9H2,1-2H3. The maximum absolute atomic E-state index is 14.3. The normalized spacial score (nSPS) is 16.9. The van der Waals surface area contributed by atoms with Crippen molar-refractivity contribution in [3.05, 3.63) is 58.4 Å². The maximum Gasteiger partial charge on any atom is 0.431 e. The fraction of sp³-hybridized carbons (Fsp3) is 0.385. The first-order valence-electron chi connectivity index (χ1n) is 12.1. The highest BCUT2D eigenvalue weighted by Gasteiger charge is 2.46. The molecular formula is C26H23F4N5OS. The summed E-state index contributed by atoms with van der Waals surface area (Å²) >= 11 is 1.51. The predicted octanol–water partition coefficient (Wildman–Crippen LogP) is 6.28. The van der Waals surface area contributed by atoms with E-state index in [1.165, 1.54) is 16.3 Å².